The van der Waals surface area contributed by atoms with Crippen LogP contribution in [0.3, 0.4) is 0 Å². The minimum Gasteiger partial charge on any atom is -0.388 e. The first-order chi connectivity index (χ1) is 7.65. The van der Waals surface area contributed by atoms with Crippen molar-refractivity contribution in [3.05, 3.63) is 32.7 Å². The molecule has 16 heavy (non-hydrogen) atoms. The molecule has 3 heteroatoms. The van der Waals surface area contributed by atoms with Crippen molar-refractivity contribution in [2.24, 2.45) is 5.92 Å². The fraction of sp³-hybridized carbons (Fsp3) is 0.538. The highest BCUT2D eigenvalue weighted by Gasteiger charge is 2.20. The minimum absolute atomic E-state index is 0.322. The fourth-order valence-electron chi connectivity index (χ4n) is 2.47. The van der Waals surface area contributed by atoms with Crippen LogP contribution < -0.4 is 0 Å². The van der Waals surface area contributed by atoms with Crippen molar-refractivity contribution in [1.29, 1.82) is 0 Å². The van der Waals surface area contributed by atoms with E-state index in [0.29, 0.717) is 5.92 Å². The summed E-state index contributed by atoms with van der Waals surface area (Å²) in [4.78, 5) is 0. The van der Waals surface area contributed by atoms with E-state index in [4.69, 9.17) is 0 Å². The third-order valence-corrected chi connectivity index (χ3v) is 4.22. The molecule has 1 atom stereocenters. The third kappa shape index (κ3) is 3.31. The van der Waals surface area contributed by atoms with Crippen molar-refractivity contribution in [3.8, 4) is 0 Å². The second-order valence-electron chi connectivity index (χ2n) is 4.60. The lowest BCUT2D eigenvalue weighted by atomic mass is 9.96. The van der Waals surface area contributed by atoms with Crippen LogP contribution in [0.1, 0.15) is 43.8 Å². The van der Waals surface area contributed by atoms with Crippen LogP contribution in [0.4, 0.5) is 0 Å². The fourth-order valence-corrected chi connectivity index (χ4v) is 3.79. The van der Waals surface area contributed by atoms with Gasteiger partial charge in [-0.3, -0.25) is 0 Å². The largest absolute Gasteiger partial charge is 0.388 e. The molecule has 0 amide bonds. The minimum atomic E-state index is -0.322. The van der Waals surface area contributed by atoms with Gasteiger partial charge < -0.3 is 5.11 Å². The first-order valence-electron chi connectivity index (χ1n) is 5.79. The van der Waals surface area contributed by atoms with E-state index in [9.17, 15) is 5.11 Å². The van der Waals surface area contributed by atoms with Crippen LogP contribution in [0.15, 0.2) is 27.1 Å². The van der Waals surface area contributed by atoms with Gasteiger partial charge in [0.1, 0.15) is 0 Å². The number of aliphatic hydroxyl groups is 1. The molecule has 1 fully saturated rings. The Kier molecular flexibility index (Phi) is 4.45. The molecule has 0 bridgehead atoms. The summed E-state index contributed by atoms with van der Waals surface area (Å²) in [6.45, 7) is 0. The summed E-state index contributed by atoms with van der Waals surface area (Å²) in [5.41, 5.74) is 1.01. The molecule has 0 heterocycles. The average molecular weight is 348 g/mol. The Balaban J connectivity index is 2.04. The van der Waals surface area contributed by atoms with E-state index in [1.165, 1.54) is 25.7 Å². The zero-order chi connectivity index (χ0) is 11.5. The Morgan fingerprint density at radius 3 is 2.25 bits per heavy atom. The second kappa shape index (κ2) is 5.65. The summed E-state index contributed by atoms with van der Waals surface area (Å²) in [7, 11) is 0. The molecule has 1 N–H and O–H groups in total. The lowest BCUT2D eigenvalue weighted by Crippen LogP contribution is -2.04. The SMILES string of the molecule is OC(CC1CCCC1)c1cc(Br)cc(Br)c1. The van der Waals surface area contributed by atoms with Gasteiger partial charge in [0.25, 0.3) is 0 Å². The Morgan fingerprint density at radius 1 is 1.12 bits per heavy atom. The quantitative estimate of drug-likeness (QED) is 0.830. The van der Waals surface area contributed by atoms with Gasteiger partial charge in [-0.1, -0.05) is 57.5 Å². The highest BCUT2D eigenvalue weighted by atomic mass is 79.9. The Bertz CT molecular complexity index is 339. The average Bonchev–Trinajstić information content (AvgIpc) is 2.68. The van der Waals surface area contributed by atoms with Crippen molar-refractivity contribution in [2.45, 2.75) is 38.2 Å². The number of rotatable bonds is 3. The van der Waals surface area contributed by atoms with Crippen LogP contribution in [0.25, 0.3) is 0 Å². The standard InChI is InChI=1S/C13H16Br2O/c14-11-6-10(7-12(15)8-11)13(16)5-9-3-1-2-4-9/h6-9,13,16H,1-5H2. The topological polar surface area (TPSA) is 20.2 Å². The van der Waals surface area contributed by atoms with Crippen LogP contribution in [0.2, 0.25) is 0 Å². The van der Waals surface area contributed by atoms with Crippen molar-refractivity contribution >= 4 is 31.9 Å². The van der Waals surface area contributed by atoms with Crippen LogP contribution in [-0.2, 0) is 0 Å². The molecular formula is C13H16Br2O. The maximum atomic E-state index is 10.2. The van der Waals surface area contributed by atoms with E-state index in [-0.39, 0.29) is 6.10 Å². The maximum Gasteiger partial charge on any atom is 0.0793 e. The van der Waals surface area contributed by atoms with E-state index in [1.807, 2.05) is 18.2 Å². The van der Waals surface area contributed by atoms with Gasteiger partial charge in [-0.05, 0) is 36.1 Å². The van der Waals surface area contributed by atoms with E-state index in [2.05, 4.69) is 31.9 Å². The Labute approximate surface area is 114 Å². The second-order valence-corrected chi connectivity index (χ2v) is 6.44. The maximum absolute atomic E-state index is 10.2. The number of halogens is 2. The predicted octanol–water partition coefficient (Wildman–Crippen LogP) is 4.83. The molecule has 2 rings (SSSR count). The zero-order valence-corrected chi connectivity index (χ0v) is 12.3. The molecule has 1 aromatic carbocycles. The molecular weight excluding hydrogens is 332 g/mol. The molecule has 0 aliphatic heterocycles. The van der Waals surface area contributed by atoms with Crippen LogP contribution >= 0.6 is 31.9 Å². The molecule has 0 saturated heterocycles. The molecule has 0 spiro atoms. The monoisotopic (exact) mass is 346 g/mol. The van der Waals surface area contributed by atoms with E-state index < -0.39 is 0 Å². The molecule has 0 radical (unpaired) electrons. The summed E-state index contributed by atoms with van der Waals surface area (Å²) in [6.07, 6.45) is 5.82. The highest BCUT2D eigenvalue weighted by Crippen LogP contribution is 2.34. The normalized spacial score (nSPS) is 18.9. The number of hydrogen-bond donors (Lipinski definition) is 1. The third-order valence-electron chi connectivity index (χ3n) is 3.30. The van der Waals surface area contributed by atoms with Crippen molar-refractivity contribution in [2.75, 3.05) is 0 Å². The summed E-state index contributed by atoms with van der Waals surface area (Å²) in [5.74, 6) is 0.716. The summed E-state index contributed by atoms with van der Waals surface area (Å²) < 4.78 is 2.03. The Morgan fingerprint density at radius 2 is 1.69 bits per heavy atom. The van der Waals surface area contributed by atoms with Gasteiger partial charge in [-0.25, -0.2) is 0 Å². The molecule has 1 aliphatic carbocycles. The van der Waals surface area contributed by atoms with Gasteiger partial charge in [-0.15, -0.1) is 0 Å². The molecule has 1 unspecified atom stereocenters. The van der Waals surface area contributed by atoms with Crippen LogP contribution in [0.5, 0.6) is 0 Å². The number of benzene rings is 1. The molecule has 0 aromatic heterocycles. The summed E-state index contributed by atoms with van der Waals surface area (Å²) in [5, 5.41) is 10.2. The molecule has 1 saturated carbocycles. The first kappa shape index (κ1) is 12.6. The lowest BCUT2D eigenvalue weighted by Gasteiger charge is -2.16. The van der Waals surface area contributed by atoms with Gasteiger partial charge in [0, 0.05) is 8.95 Å². The molecule has 1 aromatic rings. The summed E-state index contributed by atoms with van der Waals surface area (Å²) in [6, 6.07) is 6.00. The number of hydrogen-bond acceptors (Lipinski definition) is 1. The van der Waals surface area contributed by atoms with Gasteiger partial charge >= 0.3 is 0 Å². The predicted molar refractivity (Wildman–Crippen MR) is 73.4 cm³/mol. The van der Waals surface area contributed by atoms with Gasteiger partial charge in [0.05, 0.1) is 6.10 Å². The van der Waals surface area contributed by atoms with Gasteiger partial charge in [-0.2, -0.15) is 0 Å². The number of aliphatic hydroxyl groups excluding tert-OH is 1. The molecule has 1 nitrogen and oxygen atoms in total. The van der Waals surface area contributed by atoms with E-state index >= 15 is 0 Å². The zero-order valence-electron chi connectivity index (χ0n) is 9.13. The molecule has 1 aliphatic rings. The van der Waals surface area contributed by atoms with Crippen LogP contribution in [-0.4, -0.2) is 5.11 Å². The Hall–Kier alpha value is 0.140. The van der Waals surface area contributed by atoms with Gasteiger partial charge in [0.2, 0.25) is 0 Å². The van der Waals surface area contributed by atoms with Crippen molar-refractivity contribution in [3.63, 3.8) is 0 Å². The van der Waals surface area contributed by atoms with Crippen molar-refractivity contribution < 1.29 is 5.11 Å². The summed E-state index contributed by atoms with van der Waals surface area (Å²) >= 11 is 6.91. The van der Waals surface area contributed by atoms with E-state index in [1.54, 1.807) is 0 Å². The molecule has 88 valence electrons. The van der Waals surface area contributed by atoms with Crippen molar-refractivity contribution in [1.82, 2.24) is 0 Å². The van der Waals surface area contributed by atoms with E-state index in [0.717, 1.165) is 20.9 Å². The van der Waals surface area contributed by atoms with Crippen LogP contribution in [0, 0.1) is 5.92 Å². The lowest BCUT2D eigenvalue weighted by molar-refractivity contribution is 0.145. The van der Waals surface area contributed by atoms with Gasteiger partial charge in [0.15, 0.2) is 0 Å². The smallest absolute Gasteiger partial charge is 0.0793 e. The first-order valence-corrected chi connectivity index (χ1v) is 7.38. The highest BCUT2D eigenvalue weighted by molar-refractivity contribution is 9.11.